The molecule has 0 rings (SSSR count). The average molecular weight is 507 g/mol. The van der Waals surface area contributed by atoms with Crippen molar-refractivity contribution in [3.05, 3.63) is 11.6 Å². The Hall–Kier alpha value is -0.323. The second kappa shape index (κ2) is 10.5. The van der Waals surface area contributed by atoms with Crippen LogP contribution in [0.15, 0.2) is 11.6 Å². The van der Waals surface area contributed by atoms with Crippen molar-refractivity contribution in [2.75, 3.05) is 6.61 Å². The molecule has 0 aliphatic heterocycles. The van der Waals surface area contributed by atoms with Crippen LogP contribution in [0.1, 0.15) is 62.3 Å². The third-order valence-corrected chi connectivity index (χ3v) is 9.91. The summed E-state index contributed by atoms with van der Waals surface area (Å²) in [7, 11) is -1.92. The third kappa shape index (κ3) is 9.14. The Labute approximate surface area is 182 Å². The van der Waals surface area contributed by atoms with Gasteiger partial charge in [0.05, 0.1) is 11.5 Å². The van der Waals surface area contributed by atoms with Crippen molar-refractivity contribution < 1.29 is 14.0 Å². The lowest BCUT2D eigenvalue weighted by atomic mass is 9.92. The average Bonchev–Trinajstić information content (AvgIpc) is 2.48. The molecule has 3 atom stereocenters. The molecular weight excluding hydrogens is 467 g/mol. The lowest BCUT2D eigenvalue weighted by molar-refractivity contribution is -0.151. The fourth-order valence-electron chi connectivity index (χ4n) is 2.34. The van der Waals surface area contributed by atoms with Gasteiger partial charge in [-0.15, -0.1) is 0 Å². The van der Waals surface area contributed by atoms with Gasteiger partial charge in [-0.1, -0.05) is 39.7 Å². The number of esters is 1. The summed E-state index contributed by atoms with van der Waals surface area (Å²) in [6.45, 7) is 23.5. The zero-order chi connectivity index (χ0) is 21.6. The van der Waals surface area contributed by atoms with E-state index in [0.29, 0.717) is 6.61 Å². The molecule has 0 unspecified atom stereocenters. The van der Waals surface area contributed by atoms with Gasteiger partial charge in [0.2, 0.25) is 0 Å². The minimum atomic E-state index is -1.92. The van der Waals surface area contributed by atoms with Gasteiger partial charge in [-0.2, -0.15) is 0 Å². The SMILES string of the molecule is C/C(=C/[C@H](C)[C@@H](O[Si](C)(C)C(C)(C)C)[C@@H](C)C#CI)COC(=O)C(C)(C)C. The maximum Gasteiger partial charge on any atom is 0.311 e. The minimum Gasteiger partial charge on any atom is -0.461 e. The van der Waals surface area contributed by atoms with Gasteiger partial charge in [-0.25, -0.2) is 0 Å². The zero-order valence-corrected chi connectivity index (χ0v) is 22.3. The minimum absolute atomic E-state index is 0.0152. The number of ether oxygens (including phenoxy) is 1. The lowest BCUT2D eigenvalue weighted by Gasteiger charge is -2.41. The van der Waals surface area contributed by atoms with E-state index in [1.165, 1.54) is 0 Å². The molecule has 0 radical (unpaired) electrons. The Kier molecular flexibility index (Phi) is 10.3. The molecule has 0 aliphatic carbocycles. The number of hydrogen-bond acceptors (Lipinski definition) is 3. The van der Waals surface area contributed by atoms with E-state index in [9.17, 15) is 4.79 Å². The topological polar surface area (TPSA) is 35.5 Å². The quantitative estimate of drug-likeness (QED) is 0.129. The summed E-state index contributed by atoms with van der Waals surface area (Å²) >= 11 is 2.09. The summed E-state index contributed by atoms with van der Waals surface area (Å²) in [5.41, 5.74) is 0.558. The predicted octanol–water partition coefficient (Wildman–Crippen LogP) is 6.58. The van der Waals surface area contributed by atoms with Crippen molar-refractivity contribution in [1.82, 2.24) is 0 Å². The van der Waals surface area contributed by atoms with Crippen molar-refractivity contribution in [1.29, 1.82) is 0 Å². The molecule has 27 heavy (non-hydrogen) atoms. The Morgan fingerprint density at radius 2 is 1.67 bits per heavy atom. The molecule has 0 aromatic carbocycles. The molecule has 0 heterocycles. The molecule has 0 saturated heterocycles. The van der Waals surface area contributed by atoms with E-state index in [2.05, 4.69) is 86.2 Å². The van der Waals surface area contributed by atoms with Gasteiger partial charge >= 0.3 is 5.97 Å². The van der Waals surface area contributed by atoms with E-state index in [1.54, 1.807) is 0 Å². The summed E-state index contributed by atoms with van der Waals surface area (Å²) < 4.78 is 15.2. The van der Waals surface area contributed by atoms with Crippen LogP contribution in [0, 0.1) is 27.1 Å². The standard InChI is InChI=1S/C22H39IO3Si/c1-16(15-25-20(24)21(4,5)6)14-18(3)19(17(2)12-13-23)26-27(10,11)22(7,8)9/h14,17-19H,15H2,1-11H3/b16-14-/t17-,18-,19-/m0/s1. The van der Waals surface area contributed by atoms with Gasteiger partial charge in [-0.05, 0) is 62.3 Å². The number of carbonyl (C=O) groups excluding carboxylic acids is 1. The summed E-state index contributed by atoms with van der Waals surface area (Å²) in [4.78, 5) is 12.0. The molecule has 0 spiro atoms. The zero-order valence-electron chi connectivity index (χ0n) is 19.1. The van der Waals surface area contributed by atoms with Crippen LogP contribution in [0.4, 0.5) is 0 Å². The molecule has 0 fully saturated rings. The second-order valence-corrected chi connectivity index (χ2v) is 15.4. The largest absolute Gasteiger partial charge is 0.461 e. The van der Waals surface area contributed by atoms with E-state index < -0.39 is 13.7 Å². The molecule has 3 nitrogen and oxygen atoms in total. The highest BCUT2D eigenvalue weighted by Gasteiger charge is 2.41. The van der Waals surface area contributed by atoms with Crippen molar-refractivity contribution in [2.24, 2.45) is 17.3 Å². The number of halogens is 1. The van der Waals surface area contributed by atoms with Gasteiger partial charge in [0, 0.05) is 34.4 Å². The van der Waals surface area contributed by atoms with E-state index >= 15 is 0 Å². The van der Waals surface area contributed by atoms with E-state index in [0.717, 1.165) is 5.57 Å². The molecule has 0 bridgehead atoms. The van der Waals surface area contributed by atoms with E-state index in [-0.39, 0.29) is 28.9 Å². The monoisotopic (exact) mass is 506 g/mol. The van der Waals surface area contributed by atoms with Gasteiger partial charge in [0.15, 0.2) is 8.32 Å². The highest BCUT2D eigenvalue weighted by atomic mass is 127. The molecule has 0 N–H and O–H groups in total. The molecule has 156 valence electrons. The molecule has 0 saturated carbocycles. The summed E-state index contributed by atoms with van der Waals surface area (Å²) in [6.07, 6.45) is 2.18. The van der Waals surface area contributed by atoms with Crippen LogP contribution in [0.3, 0.4) is 0 Å². The number of hydrogen-bond donors (Lipinski definition) is 0. The number of carbonyl (C=O) groups is 1. The van der Waals surface area contributed by atoms with Crippen molar-refractivity contribution in [3.63, 3.8) is 0 Å². The molecule has 0 aromatic heterocycles. The van der Waals surface area contributed by atoms with Gasteiger partial charge < -0.3 is 9.16 Å². The predicted molar refractivity (Wildman–Crippen MR) is 126 cm³/mol. The first-order valence-corrected chi connectivity index (χ1v) is 13.6. The molecular formula is C22H39IO3Si. The Bertz CT molecular complexity index is 585. The summed E-state index contributed by atoms with van der Waals surface area (Å²) in [6, 6.07) is 0. The second-order valence-electron chi connectivity index (χ2n) is 10.1. The maximum atomic E-state index is 12.0. The van der Waals surface area contributed by atoms with Gasteiger partial charge in [0.1, 0.15) is 6.61 Å². The Balaban J connectivity index is 5.37. The fraction of sp³-hybridized carbons (Fsp3) is 0.773. The van der Waals surface area contributed by atoms with Gasteiger partial charge in [0.25, 0.3) is 0 Å². The van der Waals surface area contributed by atoms with Crippen LogP contribution in [-0.4, -0.2) is 27.0 Å². The van der Waals surface area contributed by atoms with Crippen LogP contribution in [0.25, 0.3) is 0 Å². The molecule has 5 heteroatoms. The van der Waals surface area contributed by atoms with E-state index in [4.69, 9.17) is 9.16 Å². The van der Waals surface area contributed by atoms with Gasteiger partial charge in [-0.3, -0.25) is 4.79 Å². The number of rotatable bonds is 7. The first-order chi connectivity index (χ1) is 12.0. The maximum absolute atomic E-state index is 12.0. The first kappa shape index (κ1) is 26.7. The Morgan fingerprint density at radius 1 is 1.15 bits per heavy atom. The smallest absolute Gasteiger partial charge is 0.311 e. The molecule has 0 aromatic rings. The van der Waals surface area contributed by atoms with Crippen LogP contribution >= 0.6 is 22.6 Å². The normalized spacial score (nSPS) is 16.8. The fourth-order valence-corrected chi connectivity index (χ4v) is 4.28. The Morgan fingerprint density at radius 3 is 2.07 bits per heavy atom. The van der Waals surface area contributed by atoms with Crippen LogP contribution in [0.5, 0.6) is 0 Å². The molecule has 0 amide bonds. The van der Waals surface area contributed by atoms with E-state index in [1.807, 2.05) is 27.7 Å². The highest BCUT2D eigenvalue weighted by molar-refractivity contribution is 14.1. The highest BCUT2D eigenvalue weighted by Crippen LogP contribution is 2.39. The van der Waals surface area contributed by atoms with Crippen LogP contribution in [-0.2, 0) is 14.0 Å². The van der Waals surface area contributed by atoms with Crippen molar-refractivity contribution in [2.45, 2.75) is 86.5 Å². The van der Waals surface area contributed by atoms with Crippen LogP contribution < -0.4 is 0 Å². The summed E-state index contributed by atoms with van der Waals surface area (Å²) in [5, 5.41) is 0.142. The third-order valence-electron chi connectivity index (χ3n) is 5.12. The lowest BCUT2D eigenvalue weighted by Crippen LogP contribution is -2.47. The van der Waals surface area contributed by atoms with Crippen molar-refractivity contribution >= 4 is 36.9 Å². The molecule has 0 aliphatic rings. The summed E-state index contributed by atoms with van der Waals surface area (Å²) in [5.74, 6) is 3.40. The van der Waals surface area contributed by atoms with Crippen molar-refractivity contribution in [3.8, 4) is 9.85 Å². The first-order valence-electron chi connectivity index (χ1n) is 9.66. The van der Waals surface area contributed by atoms with Crippen LogP contribution in [0.2, 0.25) is 18.1 Å².